The minimum absolute atomic E-state index is 0. The Morgan fingerprint density at radius 1 is 1.21 bits per heavy atom. The zero-order valence-corrected chi connectivity index (χ0v) is 13.5. The number of aromatic nitrogens is 3. The van der Waals surface area contributed by atoms with Crippen molar-refractivity contribution < 1.29 is 28.5 Å². The van der Waals surface area contributed by atoms with E-state index in [0.717, 1.165) is 33.0 Å². The first kappa shape index (κ1) is 14.3. The van der Waals surface area contributed by atoms with Gasteiger partial charge in [-0.2, -0.15) is 0 Å². The topological polar surface area (TPSA) is 32.6 Å². The van der Waals surface area contributed by atoms with E-state index >= 15 is 0 Å². The molecule has 0 atom stereocenters. The minimum atomic E-state index is 0. The Balaban J connectivity index is 0.00000133. The van der Waals surface area contributed by atoms with Gasteiger partial charge in [-0.15, -0.1) is 0 Å². The maximum atomic E-state index is 6.11. The number of hydrogen-bond donors (Lipinski definition) is 1. The Morgan fingerprint density at radius 3 is 2.58 bits per heavy atom. The fraction of sp³-hybridized carbons (Fsp3) is 0.143. The molecule has 0 amide bonds. The lowest BCUT2D eigenvalue weighted by atomic mass is 10.2. The van der Waals surface area contributed by atoms with Crippen LogP contribution in [0, 0.1) is 6.92 Å². The van der Waals surface area contributed by atoms with E-state index in [1.54, 1.807) is 0 Å². The number of aromatic amines is 1. The van der Waals surface area contributed by atoms with Crippen LogP contribution in [-0.4, -0.2) is 9.97 Å². The van der Waals surface area contributed by atoms with Crippen LogP contribution < -0.4 is 28.5 Å². The van der Waals surface area contributed by atoms with Gasteiger partial charge in [-0.3, -0.25) is 0 Å². The van der Waals surface area contributed by atoms with E-state index < -0.39 is 0 Å². The maximum absolute atomic E-state index is 6.11. The van der Waals surface area contributed by atoms with Crippen LogP contribution in [0.15, 0.2) is 36.7 Å². The van der Waals surface area contributed by atoms with Crippen molar-refractivity contribution in [2.75, 3.05) is 0 Å². The van der Waals surface area contributed by atoms with Crippen LogP contribution in [0.4, 0.5) is 0 Å². The average molecular weight is 386 g/mol. The fourth-order valence-electron chi connectivity index (χ4n) is 1.94. The van der Waals surface area contributed by atoms with Gasteiger partial charge in [-0.05, 0) is 24.6 Å². The molecule has 3 rings (SSSR count). The Labute approximate surface area is 133 Å². The largest absolute Gasteiger partial charge is 1.00 e. The number of rotatable bonds is 1. The number of nitrogens with one attached hydrogen (secondary N) is 1. The standard InChI is InChI=1S/C14H12ClN3.HI/c1-9-7-12-13(8-11(9)15)17-14(16-12)10-3-5-18(2)6-4-10;/h3-8H,1-2H3;1H. The van der Waals surface area contributed by atoms with E-state index in [1.165, 1.54) is 0 Å². The normalized spacial score (nSPS) is 10.5. The number of imidazole rings is 1. The maximum Gasteiger partial charge on any atom is 0.169 e. The Bertz CT molecular complexity index is 680. The predicted octanol–water partition coefficient (Wildman–Crippen LogP) is 0.0202. The number of fused-ring (bicyclic) bond motifs is 1. The minimum Gasteiger partial charge on any atom is -1.00 e. The molecule has 3 nitrogen and oxygen atoms in total. The quantitative estimate of drug-likeness (QED) is 0.465. The molecule has 0 aliphatic heterocycles. The van der Waals surface area contributed by atoms with Crippen LogP contribution in [0.25, 0.3) is 22.4 Å². The van der Waals surface area contributed by atoms with Crippen LogP contribution in [0.5, 0.6) is 0 Å². The molecule has 1 aromatic carbocycles. The third-order valence-electron chi connectivity index (χ3n) is 3.01. The molecule has 0 spiro atoms. The second kappa shape index (κ2) is 5.46. The summed E-state index contributed by atoms with van der Waals surface area (Å²) in [7, 11) is 1.99. The molecule has 3 aromatic rings. The number of benzene rings is 1. The molecule has 0 radical (unpaired) electrons. The summed E-state index contributed by atoms with van der Waals surface area (Å²) in [5, 5.41) is 0.750. The molecule has 5 heteroatoms. The first-order valence-electron chi connectivity index (χ1n) is 5.75. The summed E-state index contributed by atoms with van der Waals surface area (Å²) in [4.78, 5) is 7.89. The summed E-state index contributed by atoms with van der Waals surface area (Å²) >= 11 is 6.11. The van der Waals surface area contributed by atoms with Crippen molar-refractivity contribution in [3.8, 4) is 11.4 Å². The van der Waals surface area contributed by atoms with Crippen LogP contribution in [0.1, 0.15) is 5.56 Å². The molecule has 0 unspecified atom stereocenters. The number of H-pyrrole nitrogens is 1. The summed E-state index contributed by atoms with van der Waals surface area (Å²) in [6.45, 7) is 1.99. The second-order valence-corrected chi connectivity index (χ2v) is 4.86. The summed E-state index contributed by atoms with van der Waals surface area (Å²) in [6.07, 6.45) is 4.00. The van der Waals surface area contributed by atoms with Crippen molar-refractivity contribution in [1.82, 2.24) is 9.97 Å². The number of aryl methyl sites for hydroxylation is 2. The van der Waals surface area contributed by atoms with Gasteiger partial charge in [-0.25, -0.2) is 9.55 Å². The van der Waals surface area contributed by atoms with Crippen molar-refractivity contribution in [2.45, 2.75) is 6.92 Å². The molecule has 0 saturated carbocycles. The van der Waals surface area contributed by atoms with E-state index in [-0.39, 0.29) is 24.0 Å². The van der Waals surface area contributed by atoms with E-state index in [0.29, 0.717) is 0 Å². The molecule has 1 N–H and O–H groups in total. The van der Waals surface area contributed by atoms with Crippen LogP contribution in [0.2, 0.25) is 5.02 Å². The molecule has 2 aromatic heterocycles. The van der Waals surface area contributed by atoms with Crippen LogP contribution >= 0.6 is 11.6 Å². The van der Waals surface area contributed by atoms with Crippen molar-refractivity contribution in [2.24, 2.45) is 7.05 Å². The van der Waals surface area contributed by atoms with Gasteiger partial charge in [0.25, 0.3) is 0 Å². The van der Waals surface area contributed by atoms with E-state index in [1.807, 2.05) is 55.2 Å². The molecule has 0 aliphatic carbocycles. The first-order chi connectivity index (χ1) is 8.63. The lowest BCUT2D eigenvalue weighted by Gasteiger charge is -1.95. The van der Waals surface area contributed by atoms with E-state index in [9.17, 15) is 0 Å². The van der Waals surface area contributed by atoms with Crippen molar-refractivity contribution in [1.29, 1.82) is 0 Å². The predicted molar refractivity (Wildman–Crippen MR) is 72.5 cm³/mol. The molecule has 0 bridgehead atoms. The number of halogens is 2. The monoisotopic (exact) mass is 385 g/mol. The Morgan fingerprint density at radius 2 is 1.89 bits per heavy atom. The second-order valence-electron chi connectivity index (χ2n) is 4.46. The summed E-state index contributed by atoms with van der Waals surface area (Å²) in [5.41, 5.74) is 4.03. The number of hydrogen-bond acceptors (Lipinski definition) is 1. The van der Waals surface area contributed by atoms with Gasteiger partial charge in [0, 0.05) is 22.7 Å². The molecule has 0 fully saturated rings. The lowest BCUT2D eigenvalue weighted by Crippen LogP contribution is -3.00. The summed E-state index contributed by atoms with van der Waals surface area (Å²) < 4.78 is 1.99. The Hall–Kier alpha value is -1.14. The third kappa shape index (κ3) is 2.74. The van der Waals surface area contributed by atoms with Gasteiger partial charge in [0.15, 0.2) is 12.4 Å². The van der Waals surface area contributed by atoms with Gasteiger partial charge in [0.1, 0.15) is 12.9 Å². The molecular formula is C14H13ClIN3. The molecule has 0 aliphatic rings. The highest BCUT2D eigenvalue weighted by atomic mass is 127. The Kier molecular flexibility index (Phi) is 4.10. The smallest absolute Gasteiger partial charge is 0.169 e. The van der Waals surface area contributed by atoms with Gasteiger partial charge in [0.05, 0.1) is 11.0 Å². The van der Waals surface area contributed by atoms with Crippen LogP contribution in [-0.2, 0) is 7.05 Å². The van der Waals surface area contributed by atoms with Gasteiger partial charge in [-0.1, -0.05) is 11.6 Å². The summed E-state index contributed by atoms with van der Waals surface area (Å²) in [6, 6.07) is 7.99. The highest BCUT2D eigenvalue weighted by molar-refractivity contribution is 6.32. The molecular weight excluding hydrogens is 373 g/mol. The lowest BCUT2D eigenvalue weighted by molar-refractivity contribution is -0.671. The zero-order chi connectivity index (χ0) is 12.7. The van der Waals surface area contributed by atoms with Crippen LogP contribution in [0.3, 0.4) is 0 Å². The van der Waals surface area contributed by atoms with Gasteiger partial charge in [0.2, 0.25) is 0 Å². The molecule has 98 valence electrons. The van der Waals surface area contributed by atoms with Gasteiger partial charge < -0.3 is 29.0 Å². The third-order valence-corrected chi connectivity index (χ3v) is 3.42. The number of pyridine rings is 1. The highest BCUT2D eigenvalue weighted by Crippen LogP contribution is 2.24. The van der Waals surface area contributed by atoms with E-state index in [2.05, 4.69) is 9.97 Å². The molecule has 19 heavy (non-hydrogen) atoms. The zero-order valence-electron chi connectivity index (χ0n) is 10.6. The number of nitrogens with zero attached hydrogens (tertiary/aromatic N) is 2. The van der Waals surface area contributed by atoms with Crippen molar-refractivity contribution in [3.63, 3.8) is 0 Å². The average Bonchev–Trinajstić information content (AvgIpc) is 2.73. The van der Waals surface area contributed by atoms with Crippen molar-refractivity contribution in [3.05, 3.63) is 47.2 Å². The SMILES string of the molecule is Cc1cc2[nH]c(-c3cc[n+](C)cc3)nc2cc1Cl.[I-]. The molecule has 2 heterocycles. The fourth-order valence-corrected chi connectivity index (χ4v) is 2.09. The molecule has 0 saturated heterocycles. The van der Waals surface area contributed by atoms with Gasteiger partial charge >= 0.3 is 0 Å². The highest BCUT2D eigenvalue weighted by Gasteiger charge is 2.08. The first-order valence-corrected chi connectivity index (χ1v) is 6.13. The van der Waals surface area contributed by atoms with Crippen molar-refractivity contribution >= 4 is 22.6 Å². The van der Waals surface area contributed by atoms with E-state index in [4.69, 9.17) is 11.6 Å². The summed E-state index contributed by atoms with van der Waals surface area (Å²) in [5.74, 6) is 0.868.